The van der Waals surface area contributed by atoms with Crippen LogP contribution in [0.5, 0.6) is 0 Å². The van der Waals surface area contributed by atoms with Crippen molar-refractivity contribution in [1.82, 2.24) is 10.3 Å². The van der Waals surface area contributed by atoms with Gasteiger partial charge in [0.25, 0.3) is 5.91 Å². The number of pyridine rings is 1. The van der Waals surface area contributed by atoms with Crippen LogP contribution in [0.1, 0.15) is 28.8 Å². The summed E-state index contributed by atoms with van der Waals surface area (Å²) in [5.41, 5.74) is 1.88. The Bertz CT molecular complexity index is 557. The summed E-state index contributed by atoms with van der Waals surface area (Å²) in [6.45, 7) is 0.682. The molecule has 20 heavy (non-hydrogen) atoms. The molecular weight excluding hydrogens is 272 g/mol. The van der Waals surface area contributed by atoms with Gasteiger partial charge in [0.05, 0.1) is 0 Å². The molecule has 4 heteroatoms. The number of hydrogen-bond donors (Lipinski definition) is 1. The summed E-state index contributed by atoms with van der Waals surface area (Å²) < 4.78 is 0. The molecule has 0 fully saturated rings. The number of carbonyl (C=O) groups excluding carboxylic acids is 1. The van der Waals surface area contributed by atoms with Gasteiger partial charge >= 0.3 is 0 Å². The second kappa shape index (κ2) is 7.65. The molecule has 3 nitrogen and oxygen atoms in total. The van der Waals surface area contributed by atoms with E-state index in [1.54, 1.807) is 24.5 Å². The Kier molecular flexibility index (Phi) is 5.56. The first-order chi connectivity index (χ1) is 9.75. The third-order valence-electron chi connectivity index (χ3n) is 3.01. The molecule has 0 unspecified atom stereocenters. The van der Waals surface area contributed by atoms with Crippen molar-refractivity contribution in [3.8, 4) is 0 Å². The SMILES string of the molecule is O=C(NCCCCc1cccc(Cl)c1)c1ccncc1. The molecule has 0 bridgehead atoms. The second-order valence-electron chi connectivity index (χ2n) is 4.58. The van der Waals surface area contributed by atoms with Crippen LogP contribution in [0.25, 0.3) is 0 Å². The number of nitrogens with one attached hydrogen (secondary N) is 1. The minimum atomic E-state index is -0.0462. The third kappa shape index (κ3) is 4.67. The lowest BCUT2D eigenvalue weighted by atomic mass is 10.1. The number of amides is 1. The maximum absolute atomic E-state index is 11.8. The summed E-state index contributed by atoms with van der Waals surface area (Å²) in [6, 6.07) is 11.3. The Hall–Kier alpha value is -1.87. The number of benzene rings is 1. The summed E-state index contributed by atoms with van der Waals surface area (Å²) >= 11 is 5.93. The molecule has 2 aromatic rings. The monoisotopic (exact) mass is 288 g/mol. The maximum Gasteiger partial charge on any atom is 0.251 e. The van der Waals surface area contributed by atoms with E-state index in [0.717, 1.165) is 24.3 Å². The first kappa shape index (κ1) is 14.5. The molecule has 1 aromatic heterocycles. The molecule has 0 saturated carbocycles. The van der Waals surface area contributed by atoms with Crippen molar-refractivity contribution in [2.75, 3.05) is 6.54 Å². The lowest BCUT2D eigenvalue weighted by molar-refractivity contribution is 0.0953. The Balaban J connectivity index is 1.66. The van der Waals surface area contributed by atoms with Crippen LogP contribution in [-0.2, 0) is 6.42 Å². The number of hydrogen-bond acceptors (Lipinski definition) is 2. The summed E-state index contributed by atoms with van der Waals surface area (Å²) in [7, 11) is 0. The number of nitrogens with zero attached hydrogens (tertiary/aromatic N) is 1. The van der Waals surface area contributed by atoms with Crippen LogP contribution in [0.3, 0.4) is 0 Å². The molecular formula is C16H17ClN2O. The van der Waals surface area contributed by atoms with Crippen molar-refractivity contribution in [3.05, 3.63) is 64.9 Å². The van der Waals surface area contributed by atoms with E-state index < -0.39 is 0 Å². The van der Waals surface area contributed by atoms with Crippen molar-refractivity contribution in [1.29, 1.82) is 0 Å². The molecule has 1 amide bonds. The van der Waals surface area contributed by atoms with E-state index >= 15 is 0 Å². The van der Waals surface area contributed by atoms with E-state index in [2.05, 4.69) is 16.4 Å². The molecule has 0 aliphatic rings. The van der Waals surface area contributed by atoms with E-state index in [4.69, 9.17) is 11.6 Å². The fourth-order valence-electron chi connectivity index (χ4n) is 1.95. The van der Waals surface area contributed by atoms with Crippen LogP contribution >= 0.6 is 11.6 Å². The molecule has 2 rings (SSSR count). The average molecular weight is 289 g/mol. The van der Waals surface area contributed by atoms with Crippen LogP contribution < -0.4 is 5.32 Å². The smallest absolute Gasteiger partial charge is 0.251 e. The molecule has 0 aliphatic carbocycles. The highest BCUT2D eigenvalue weighted by atomic mass is 35.5. The zero-order valence-corrected chi connectivity index (χ0v) is 11.9. The number of rotatable bonds is 6. The minimum Gasteiger partial charge on any atom is -0.352 e. The highest BCUT2D eigenvalue weighted by molar-refractivity contribution is 6.30. The van der Waals surface area contributed by atoms with Gasteiger partial charge < -0.3 is 5.32 Å². The molecule has 0 radical (unpaired) electrons. The van der Waals surface area contributed by atoms with Gasteiger partial charge in [-0.1, -0.05) is 23.7 Å². The molecule has 0 spiro atoms. The average Bonchev–Trinajstić information content (AvgIpc) is 2.48. The predicted molar refractivity (Wildman–Crippen MR) is 81.0 cm³/mol. The molecule has 1 N–H and O–H groups in total. The van der Waals surface area contributed by atoms with Gasteiger partial charge in [-0.15, -0.1) is 0 Å². The van der Waals surface area contributed by atoms with E-state index in [-0.39, 0.29) is 5.91 Å². The van der Waals surface area contributed by atoms with E-state index in [1.165, 1.54) is 5.56 Å². The number of unbranched alkanes of at least 4 members (excludes halogenated alkanes) is 1. The summed E-state index contributed by atoms with van der Waals surface area (Å²) in [5, 5.41) is 3.68. The van der Waals surface area contributed by atoms with Gasteiger partial charge in [0, 0.05) is 29.5 Å². The van der Waals surface area contributed by atoms with Gasteiger partial charge in [0.15, 0.2) is 0 Å². The largest absolute Gasteiger partial charge is 0.352 e. The Morgan fingerprint density at radius 1 is 1.15 bits per heavy atom. The second-order valence-corrected chi connectivity index (χ2v) is 5.02. The zero-order chi connectivity index (χ0) is 14.2. The summed E-state index contributed by atoms with van der Waals surface area (Å²) in [6.07, 6.45) is 6.19. The third-order valence-corrected chi connectivity index (χ3v) is 3.24. The highest BCUT2D eigenvalue weighted by Crippen LogP contribution is 2.12. The van der Waals surface area contributed by atoms with Crippen molar-refractivity contribution in [3.63, 3.8) is 0 Å². The number of aryl methyl sites for hydroxylation is 1. The fraction of sp³-hybridized carbons (Fsp3) is 0.250. The standard InChI is InChI=1S/C16H17ClN2O/c17-15-6-3-5-13(12-15)4-1-2-9-19-16(20)14-7-10-18-11-8-14/h3,5-8,10-12H,1-2,4,9H2,(H,19,20). The number of carbonyl (C=O) groups is 1. The lowest BCUT2D eigenvalue weighted by Gasteiger charge is -2.05. The normalized spacial score (nSPS) is 10.2. The van der Waals surface area contributed by atoms with Gasteiger partial charge in [-0.3, -0.25) is 9.78 Å². The zero-order valence-electron chi connectivity index (χ0n) is 11.2. The number of aromatic nitrogens is 1. The van der Waals surface area contributed by atoms with Gasteiger partial charge in [0.2, 0.25) is 0 Å². The lowest BCUT2D eigenvalue weighted by Crippen LogP contribution is -2.24. The molecule has 0 saturated heterocycles. The van der Waals surface area contributed by atoms with Gasteiger partial charge in [0.1, 0.15) is 0 Å². The van der Waals surface area contributed by atoms with Crippen LogP contribution in [0, 0.1) is 0 Å². The first-order valence-electron chi connectivity index (χ1n) is 6.68. The van der Waals surface area contributed by atoms with Gasteiger partial charge in [-0.05, 0) is 49.1 Å². The van der Waals surface area contributed by atoms with E-state index in [9.17, 15) is 4.79 Å². The minimum absolute atomic E-state index is 0.0462. The van der Waals surface area contributed by atoms with Crippen LogP contribution in [0.15, 0.2) is 48.8 Å². The van der Waals surface area contributed by atoms with Crippen LogP contribution in [0.2, 0.25) is 5.02 Å². The van der Waals surface area contributed by atoms with Crippen molar-refractivity contribution < 1.29 is 4.79 Å². The number of halogens is 1. The molecule has 1 aromatic carbocycles. The van der Waals surface area contributed by atoms with Crippen molar-refractivity contribution in [2.24, 2.45) is 0 Å². The molecule has 0 aliphatic heterocycles. The topological polar surface area (TPSA) is 42.0 Å². The Labute approximate surface area is 124 Å². The predicted octanol–water partition coefficient (Wildman–Crippen LogP) is 3.49. The molecule has 104 valence electrons. The molecule has 1 heterocycles. The Morgan fingerprint density at radius 2 is 1.95 bits per heavy atom. The quantitative estimate of drug-likeness (QED) is 0.827. The highest BCUT2D eigenvalue weighted by Gasteiger charge is 2.03. The van der Waals surface area contributed by atoms with Crippen LogP contribution in [-0.4, -0.2) is 17.4 Å². The Morgan fingerprint density at radius 3 is 2.70 bits per heavy atom. The first-order valence-corrected chi connectivity index (χ1v) is 7.06. The molecule has 0 atom stereocenters. The summed E-state index contributed by atoms with van der Waals surface area (Å²) in [5.74, 6) is -0.0462. The van der Waals surface area contributed by atoms with Gasteiger partial charge in [-0.25, -0.2) is 0 Å². The van der Waals surface area contributed by atoms with E-state index in [0.29, 0.717) is 12.1 Å². The summed E-state index contributed by atoms with van der Waals surface area (Å²) in [4.78, 5) is 15.7. The van der Waals surface area contributed by atoms with Crippen molar-refractivity contribution in [2.45, 2.75) is 19.3 Å². The maximum atomic E-state index is 11.8. The van der Waals surface area contributed by atoms with Gasteiger partial charge in [-0.2, -0.15) is 0 Å². The van der Waals surface area contributed by atoms with Crippen LogP contribution in [0.4, 0.5) is 0 Å². The fourth-order valence-corrected chi connectivity index (χ4v) is 2.17. The van der Waals surface area contributed by atoms with Crippen molar-refractivity contribution >= 4 is 17.5 Å². The van der Waals surface area contributed by atoms with E-state index in [1.807, 2.05) is 18.2 Å².